The Morgan fingerprint density at radius 3 is 2.78 bits per heavy atom. The third kappa shape index (κ3) is 4.17. The van der Waals surface area contributed by atoms with Crippen LogP contribution in [-0.4, -0.2) is 56.1 Å². The summed E-state index contributed by atoms with van der Waals surface area (Å²) in [6, 6.07) is 9.08. The number of carbonyl (C=O) groups excluding carboxylic acids is 2. The molecule has 9 nitrogen and oxygen atoms in total. The number of ketones is 1. The fourth-order valence-corrected chi connectivity index (χ4v) is 4.89. The number of carbonyl (C=O) groups is 2. The van der Waals surface area contributed by atoms with Gasteiger partial charge in [0.05, 0.1) is 25.1 Å². The number of hydrogen-bond acceptors (Lipinski definition) is 7. The van der Waals surface area contributed by atoms with Crippen LogP contribution in [0.2, 0.25) is 0 Å². The molecule has 2 aliphatic rings. The first-order chi connectivity index (χ1) is 17.4. The van der Waals surface area contributed by atoms with Crippen molar-refractivity contribution < 1.29 is 29.3 Å². The number of nitrogens with zero attached hydrogens (tertiary/aromatic N) is 3. The second kappa shape index (κ2) is 9.41. The van der Waals surface area contributed by atoms with Crippen molar-refractivity contribution in [3.05, 3.63) is 77.4 Å². The number of Topliss-reactive ketones (excluding diaryl/α,β-unsaturated/α-hetero) is 1. The number of likely N-dealkylation sites (tertiary alicyclic amines) is 1. The van der Waals surface area contributed by atoms with Crippen molar-refractivity contribution >= 4 is 17.4 Å². The highest BCUT2D eigenvalue weighted by atomic mass is 16.5. The quantitative estimate of drug-likeness (QED) is 0.297. The molecule has 1 amide bonds. The number of aromatic nitrogens is 2. The molecule has 1 aromatic heterocycles. The second-order valence-electron chi connectivity index (χ2n) is 9.03. The second-order valence-corrected chi connectivity index (χ2v) is 9.03. The molecular weight excluding hydrogens is 462 g/mol. The number of rotatable bonds is 7. The van der Waals surface area contributed by atoms with Gasteiger partial charge in [0.15, 0.2) is 11.5 Å². The first kappa shape index (κ1) is 23.5. The first-order valence-electron chi connectivity index (χ1n) is 11.8. The first-order valence-corrected chi connectivity index (χ1v) is 11.8. The van der Waals surface area contributed by atoms with Gasteiger partial charge >= 0.3 is 0 Å². The molecular formula is C27H27N3O6. The normalized spacial score (nSPS) is 20.4. The molecule has 0 spiro atoms. The highest BCUT2D eigenvalue weighted by Crippen LogP contribution is 2.42. The Bertz CT molecular complexity index is 1350. The molecule has 0 bridgehead atoms. The zero-order chi connectivity index (χ0) is 25.4. The molecule has 1 fully saturated rings. The van der Waals surface area contributed by atoms with Crippen LogP contribution in [0.4, 0.5) is 0 Å². The molecule has 186 valence electrons. The summed E-state index contributed by atoms with van der Waals surface area (Å²) >= 11 is 0. The van der Waals surface area contributed by atoms with E-state index in [0.717, 1.165) is 11.3 Å². The van der Waals surface area contributed by atoms with Crippen molar-refractivity contribution in [1.82, 2.24) is 14.5 Å². The standard InChI is InChI=1S/C27H27N3O6/c1-16-12-19-13-18(5-7-21(19)36-16)25(32)23-24(17-4-6-20(31)22(14-17)35-2)30(27(34)26(23)33)10-3-9-29-11-8-28-15-29/h4-8,11,13-16,24,31-32H,3,9-10,12H2,1-2H3/t16-,24+/m0/s1. The molecule has 0 aliphatic carbocycles. The van der Waals surface area contributed by atoms with E-state index in [1.54, 1.807) is 42.9 Å². The van der Waals surface area contributed by atoms with Crippen LogP contribution in [0, 0.1) is 0 Å². The molecule has 2 N–H and O–H groups in total. The molecule has 5 rings (SSSR count). The van der Waals surface area contributed by atoms with Crippen molar-refractivity contribution in [3.63, 3.8) is 0 Å². The molecule has 0 unspecified atom stereocenters. The summed E-state index contributed by atoms with van der Waals surface area (Å²) < 4.78 is 12.9. The Kier molecular flexibility index (Phi) is 6.13. The molecule has 36 heavy (non-hydrogen) atoms. The number of aliphatic hydroxyl groups is 1. The average Bonchev–Trinajstić information content (AvgIpc) is 3.58. The van der Waals surface area contributed by atoms with Gasteiger partial charge in [0.2, 0.25) is 0 Å². The lowest BCUT2D eigenvalue weighted by Gasteiger charge is -2.26. The number of methoxy groups -OCH3 is 1. The van der Waals surface area contributed by atoms with Crippen molar-refractivity contribution in [1.29, 1.82) is 0 Å². The average molecular weight is 490 g/mol. The molecule has 0 radical (unpaired) electrons. The maximum Gasteiger partial charge on any atom is 0.295 e. The van der Waals surface area contributed by atoms with Crippen molar-refractivity contribution in [2.45, 2.75) is 38.5 Å². The number of aromatic hydroxyl groups is 1. The number of phenols is 1. The van der Waals surface area contributed by atoms with E-state index in [-0.39, 0.29) is 35.5 Å². The van der Waals surface area contributed by atoms with E-state index in [4.69, 9.17) is 9.47 Å². The highest BCUT2D eigenvalue weighted by molar-refractivity contribution is 6.46. The Hall–Kier alpha value is -4.27. The number of phenolic OH excluding ortho intramolecular Hbond substituents is 1. The van der Waals surface area contributed by atoms with Crippen molar-refractivity contribution in [2.24, 2.45) is 0 Å². The van der Waals surface area contributed by atoms with E-state index < -0.39 is 17.7 Å². The Balaban J connectivity index is 1.56. The van der Waals surface area contributed by atoms with Gasteiger partial charge in [-0.2, -0.15) is 0 Å². The van der Waals surface area contributed by atoms with Gasteiger partial charge in [-0.05, 0) is 54.8 Å². The lowest BCUT2D eigenvalue weighted by Crippen LogP contribution is -2.31. The largest absolute Gasteiger partial charge is 0.507 e. The molecule has 1 saturated heterocycles. The SMILES string of the molecule is COc1cc([C@@H]2C(=C(O)c3ccc4c(c3)C[C@H](C)O4)C(=O)C(=O)N2CCCn2ccnc2)ccc1O. The summed E-state index contributed by atoms with van der Waals surface area (Å²) in [4.78, 5) is 32.0. The van der Waals surface area contributed by atoms with Gasteiger partial charge in [-0.3, -0.25) is 9.59 Å². The Morgan fingerprint density at radius 1 is 1.19 bits per heavy atom. The predicted octanol–water partition coefficient (Wildman–Crippen LogP) is 3.43. The van der Waals surface area contributed by atoms with Crippen LogP contribution < -0.4 is 9.47 Å². The summed E-state index contributed by atoms with van der Waals surface area (Å²) in [6.07, 6.45) is 6.49. The van der Waals surface area contributed by atoms with Crippen molar-refractivity contribution in [3.8, 4) is 17.2 Å². The molecule has 2 aliphatic heterocycles. The van der Waals surface area contributed by atoms with E-state index in [1.165, 1.54) is 18.1 Å². The molecule has 3 heterocycles. The number of benzene rings is 2. The van der Waals surface area contributed by atoms with Gasteiger partial charge in [-0.25, -0.2) is 4.98 Å². The lowest BCUT2D eigenvalue weighted by molar-refractivity contribution is -0.139. The zero-order valence-electron chi connectivity index (χ0n) is 20.0. The van der Waals surface area contributed by atoms with E-state index in [2.05, 4.69) is 4.98 Å². The Morgan fingerprint density at radius 2 is 2.03 bits per heavy atom. The van der Waals surface area contributed by atoms with Crippen LogP contribution >= 0.6 is 0 Å². The third-order valence-electron chi connectivity index (χ3n) is 6.60. The van der Waals surface area contributed by atoms with Crippen LogP contribution in [0.5, 0.6) is 17.2 Å². The molecule has 3 aromatic rings. The minimum Gasteiger partial charge on any atom is -0.507 e. The van der Waals surface area contributed by atoms with Crippen LogP contribution in [-0.2, 0) is 22.6 Å². The minimum absolute atomic E-state index is 0.00212. The monoisotopic (exact) mass is 489 g/mol. The minimum atomic E-state index is -0.842. The maximum atomic E-state index is 13.3. The fourth-order valence-electron chi connectivity index (χ4n) is 4.89. The topological polar surface area (TPSA) is 114 Å². The number of aliphatic hydroxyl groups excluding tert-OH is 1. The van der Waals surface area contributed by atoms with Gasteiger partial charge in [-0.1, -0.05) is 6.07 Å². The van der Waals surface area contributed by atoms with E-state index in [9.17, 15) is 19.8 Å². The molecule has 2 aromatic carbocycles. The van der Waals surface area contributed by atoms with Gasteiger partial charge in [-0.15, -0.1) is 0 Å². The summed E-state index contributed by atoms with van der Waals surface area (Å²) in [5, 5.41) is 21.5. The molecule has 0 saturated carbocycles. The van der Waals surface area contributed by atoms with Gasteiger partial charge in [0.1, 0.15) is 17.6 Å². The van der Waals surface area contributed by atoms with Crippen LogP contribution in [0.15, 0.2) is 60.7 Å². The Labute approximate surface area is 208 Å². The summed E-state index contributed by atoms with van der Waals surface area (Å²) in [6.45, 7) is 2.85. The van der Waals surface area contributed by atoms with Crippen LogP contribution in [0.1, 0.15) is 36.1 Å². The van der Waals surface area contributed by atoms with E-state index in [1.807, 2.05) is 17.7 Å². The number of aryl methyl sites for hydroxylation is 1. The summed E-state index contributed by atoms with van der Waals surface area (Å²) in [5.74, 6) is -0.787. The van der Waals surface area contributed by atoms with Gasteiger partial charge in [0.25, 0.3) is 11.7 Å². The number of hydrogen-bond donors (Lipinski definition) is 2. The zero-order valence-corrected chi connectivity index (χ0v) is 20.0. The number of ether oxygens (including phenoxy) is 2. The van der Waals surface area contributed by atoms with Crippen LogP contribution in [0.3, 0.4) is 0 Å². The van der Waals surface area contributed by atoms with E-state index in [0.29, 0.717) is 30.5 Å². The molecule has 2 atom stereocenters. The van der Waals surface area contributed by atoms with Gasteiger partial charge in [0, 0.05) is 37.5 Å². The molecule has 9 heteroatoms. The van der Waals surface area contributed by atoms with Crippen LogP contribution in [0.25, 0.3) is 5.76 Å². The summed E-state index contributed by atoms with van der Waals surface area (Å²) in [7, 11) is 1.43. The van der Waals surface area contributed by atoms with E-state index >= 15 is 0 Å². The van der Waals surface area contributed by atoms with Gasteiger partial charge < -0.3 is 29.2 Å². The maximum absolute atomic E-state index is 13.3. The summed E-state index contributed by atoms with van der Waals surface area (Å²) in [5.41, 5.74) is 1.93. The number of imidazole rings is 1. The number of fused-ring (bicyclic) bond motifs is 1. The third-order valence-corrected chi connectivity index (χ3v) is 6.60. The fraction of sp³-hybridized carbons (Fsp3) is 0.296. The lowest BCUT2D eigenvalue weighted by atomic mass is 9.94. The van der Waals surface area contributed by atoms with Crippen molar-refractivity contribution in [2.75, 3.05) is 13.7 Å². The smallest absolute Gasteiger partial charge is 0.295 e. The number of amides is 1. The highest BCUT2D eigenvalue weighted by Gasteiger charge is 2.46. The predicted molar refractivity (Wildman–Crippen MR) is 131 cm³/mol.